The number of carboxylic acid groups (broad SMARTS) is 1. The predicted molar refractivity (Wildman–Crippen MR) is 62.7 cm³/mol. The van der Waals surface area contributed by atoms with E-state index in [1.54, 1.807) is 6.07 Å². The summed E-state index contributed by atoms with van der Waals surface area (Å²) in [4.78, 5) is 10.8. The Labute approximate surface area is 98.9 Å². The monoisotopic (exact) mass is 231 g/mol. The first-order valence-corrected chi connectivity index (χ1v) is 5.31. The van der Waals surface area contributed by atoms with E-state index in [9.17, 15) is 4.79 Å². The molecule has 0 amide bonds. The molecule has 0 atom stereocenters. The first-order valence-electron chi connectivity index (χ1n) is 5.31. The van der Waals surface area contributed by atoms with Crippen LogP contribution in [0.25, 0.3) is 0 Å². The molecule has 0 fully saturated rings. The van der Waals surface area contributed by atoms with Crippen molar-refractivity contribution in [2.45, 2.75) is 13.1 Å². The number of hydrogen-bond donors (Lipinski definition) is 2. The summed E-state index contributed by atoms with van der Waals surface area (Å²) in [5.41, 5.74) is 1.82. The van der Waals surface area contributed by atoms with Crippen molar-refractivity contribution in [1.29, 1.82) is 0 Å². The second-order valence-corrected chi connectivity index (χ2v) is 3.67. The van der Waals surface area contributed by atoms with Crippen molar-refractivity contribution >= 4 is 5.97 Å². The third kappa shape index (κ3) is 2.95. The van der Waals surface area contributed by atoms with Crippen LogP contribution in [0.15, 0.2) is 47.1 Å². The minimum Gasteiger partial charge on any atom is -0.475 e. The van der Waals surface area contributed by atoms with Crippen LogP contribution >= 0.6 is 0 Å². The Bertz CT molecular complexity index is 490. The highest BCUT2D eigenvalue weighted by Gasteiger charge is 2.12. The number of carbonyl (C=O) groups is 1. The van der Waals surface area contributed by atoms with Gasteiger partial charge in [0, 0.05) is 18.7 Å². The molecule has 0 spiro atoms. The van der Waals surface area contributed by atoms with Gasteiger partial charge in [0.2, 0.25) is 5.76 Å². The summed E-state index contributed by atoms with van der Waals surface area (Å²) in [6, 6.07) is 11.6. The van der Waals surface area contributed by atoms with Crippen LogP contribution in [0.1, 0.15) is 21.7 Å². The summed E-state index contributed by atoms with van der Waals surface area (Å²) >= 11 is 0. The molecule has 1 aromatic heterocycles. The summed E-state index contributed by atoms with van der Waals surface area (Å²) < 4.78 is 4.89. The molecule has 0 aliphatic carbocycles. The molecule has 2 rings (SSSR count). The molecular weight excluding hydrogens is 218 g/mol. The number of rotatable bonds is 5. The van der Waals surface area contributed by atoms with Crippen LogP contribution in [0.2, 0.25) is 0 Å². The van der Waals surface area contributed by atoms with Gasteiger partial charge in [-0.05, 0) is 11.6 Å². The summed E-state index contributed by atoms with van der Waals surface area (Å²) in [6.45, 7) is 1.18. The molecule has 0 bridgehead atoms. The normalized spacial score (nSPS) is 10.4. The van der Waals surface area contributed by atoms with E-state index in [4.69, 9.17) is 9.52 Å². The van der Waals surface area contributed by atoms with Crippen LogP contribution in [0, 0.1) is 0 Å². The molecule has 88 valence electrons. The second kappa shape index (κ2) is 5.32. The lowest BCUT2D eigenvalue weighted by atomic mass is 10.2. The Morgan fingerprint density at radius 3 is 2.65 bits per heavy atom. The quantitative estimate of drug-likeness (QED) is 0.828. The van der Waals surface area contributed by atoms with Crippen LogP contribution in [-0.2, 0) is 13.1 Å². The number of hydrogen-bond acceptors (Lipinski definition) is 3. The maximum absolute atomic E-state index is 10.8. The highest BCUT2D eigenvalue weighted by atomic mass is 16.4. The van der Waals surface area contributed by atoms with Crippen molar-refractivity contribution in [3.8, 4) is 0 Å². The SMILES string of the molecule is O=C(O)c1occc1CNCc1ccccc1. The van der Waals surface area contributed by atoms with E-state index in [0.717, 1.165) is 5.56 Å². The lowest BCUT2D eigenvalue weighted by molar-refractivity contribution is 0.0660. The summed E-state index contributed by atoms with van der Waals surface area (Å²) in [5, 5.41) is 12.0. The van der Waals surface area contributed by atoms with Gasteiger partial charge in [-0.15, -0.1) is 0 Å². The standard InChI is InChI=1S/C13H13NO3/c15-13(16)12-11(6-7-17-12)9-14-8-10-4-2-1-3-5-10/h1-7,14H,8-9H2,(H,15,16). The van der Waals surface area contributed by atoms with E-state index in [0.29, 0.717) is 18.7 Å². The average Bonchev–Trinajstić information content (AvgIpc) is 2.79. The number of furan rings is 1. The molecule has 4 nitrogen and oxygen atoms in total. The van der Waals surface area contributed by atoms with Crippen LogP contribution in [0.4, 0.5) is 0 Å². The lowest BCUT2D eigenvalue weighted by Crippen LogP contribution is -2.14. The largest absolute Gasteiger partial charge is 0.475 e. The maximum Gasteiger partial charge on any atom is 0.372 e. The van der Waals surface area contributed by atoms with E-state index >= 15 is 0 Å². The van der Waals surface area contributed by atoms with Crippen LogP contribution in [0.3, 0.4) is 0 Å². The highest BCUT2D eigenvalue weighted by molar-refractivity contribution is 5.86. The summed E-state index contributed by atoms with van der Waals surface area (Å²) in [6.07, 6.45) is 1.39. The van der Waals surface area contributed by atoms with Crippen LogP contribution in [-0.4, -0.2) is 11.1 Å². The van der Waals surface area contributed by atoms with Gasteiger partial charge < -0.3 is 14.8 Å². The van der Waals surface area contributed by atoms with E-state index in [2.05, 4.69) is 5.32 Å². The molecule has 0 aliphatic heterocycles. The smallest absolute Gasteiger partial charge is 0.372 e. The first-order chi connectivity index (χ1) is 8.27. The van der Waals surface area contributed by atoms with Crippen molar-refractivity contribution in [2.75, 3.05) is 0 Å². The Kier molecular flexibility index (Phi) is 3.57. The van der Waals surface area contributed by atoms with E-state index in [1.165, 1.54) is 6.26 Å². The molecule has 4 heteroatoms. The van der Waals surface area contributed by atoms with Crippen molar-refractivity contribution in [1.82, 2.24) is 5.32 Å². The maximum atomic E-state index is 10.8. The number of nitrogens with one attached hydrogen (secondary N) is 1. The Balaban J connectivity index is 1.90. The van der Waals surface area contributed by atoms with Crippen LogP contribution in [0.5, 0.6) is 0 Å². The number of carboxylic acids is 1. The van der Waals surface area contributed by atoms with E-state index < -0.39 is 5.97 Å². The third-order valence-electron chi connectivity index (χ3n) is 2.43. The minimum atomic E-state index is -1.04. The van der Waals surface area contributed by atoms with Crippen molar-refractivity contribution in [3.63, 3.8) is 0 Å². The zero-order valence-electron chi connectivity index (χ0n) is 9.22. The number of benzene rings is 1. The van der Waals surface area contributed by atoms with Crippen molar-refractivity contribution < 1.29 is 14.3 Å². The van der Waals surface area contributed by atoms with Gasteiger partial charge in [0.1, 0.15) is 0 Å². The molecule has 1 aromatic carbocycles. The molecule has 0 aliphatic rings. The van der Waals surface area contributed by atoms with Gasteiger partial charge in [-0.25, -0.2) is 4.79 Å². The van der Waals surface area contributed by atoms with Gasteiger partial charge in [0.15, 0.2) is 0 Å². The second-order valence-electron chi connectivity index (χ2n) is 3.67. The highest BCUT2D eigenvalue weighted by Crippen LogP contribution is 2.10. The molecule has 17 heavy (non-hydrogen) atoms. The third-order valence-corrected chi connectivity index (χ3v) is 2.43. The predicted octanol–water partition coefficient (Wildman–Crippen LogP) is 2.27. The topological polar surface area (TPSA) is 62.5 Å². The summed E-state index contributed by atoms with van der Waals surface area (Å²) in [7, 11) is 0. The van der Waals surface area contributed by atoms with Gasteiger partial charge in [-0.2, -0.15) is 0 Å². The van der Waals surface area contributed by atoms with Gasteiger partial charge >= 0.3 is 5.97 Å². The Morgan fingerprint density at radius 2 is 1.94 bits per heavy atom. The first kappa shape index (κ1) is 11.4. The fraction of sp³-hybridized carbons (Fsp3) is 0.154. The molecule has 0 unspecified atom stereocenters. The van der Waals surface area contributed by atoms with Crippen LogP contribution < -0.4 is 5.32 Å². The molecule has 2 N–H and O–H groups in total. The minimum absolute atomic E-state index is 0.00515. The molecule has 0 radical (unpaired) electrons. The molecule has 2 aromatic rings. The van der Waals surface area contributed by atoms with Crippen molar-refractivity contribution in [3.05, 3.63) is 59.5 Å². The zero-order chi connectivity index (χ0) is 12.1. The van der Waals surface area contributed by atoms with Gasteiger partial charge in [-0.3, -0.25) is 0 Å². The van der Waals surface area contributed by atoms with Gasteiger partial charge in [0.25, 0.3) is 0 Å². The number of aromatic carboxylic acids is 1. The fourth-order valence-electron chi connectivity index (χ4n) is 1.60. The van der Waals surface area contributed by atoms with Gasteiger partial charge in [0.05, 0.1) is 6.26 Å². The zero-order valence-corrected chi connectivity index (χ0v) is 9.22. The molecule has 1 heterocycles. The summed E-state index contributed by atoms with van der Waals surface area (Å²) in [5.74, 6) is -1.03. The van der Waals surface area contributed by atoms with E-state index in [1.807, 2.05) is 30.3 Å². The molecule has 0 saturated heterocycles. The average molecular weight is 231 g/mol. The lowest BCUT2D eigenvalue weighted by Gasteiger charge is -2.03. The Morgan fingerprint density at radius 1 is 1.18 bits per heavy atom. The van der Waals surface area contributed by atoms with Crippen molar-refractivity contribution in [2.24, 2.45) is 0 Å². The van der Waals surface area contributed by atoms with Gasteiger partial charge in [-0.1, -0.05) is 30.3 Å². The Hall–Kier alpha value is -2.07. The fourth-order valence-corrected chi connectivity index (χ4v) is 1.60. The molecular formula is C13H13NO3. The molecule has 0 saturated carbocycles. The van der Waals surface area contributed by atoms with E-state index in [-0.39, 0.29) is 5.76 Å².